The minimum absolute atomic E-state index is 0.113. The van der Waals surface area contributed by atoms with E-state index in [4.69, 9.17) is 9.52 Å². The number of rotatable bonds is 4. The highest BCUT2D eigenvalue weighted by molar-refractivity contribution is 7.98. The first kappa shape index (κ1) is 12.4. The van der Waals surface area contributed by atoms with Crippen molar-refractivity contribution in [3.63, 3.8) is 0 Å². The molecule has 0 saturated carbocycles. The fraction of sp³-hybridized carbons (Fsp3) is 0.667. The van der Waals surface area contributed by atoms with Crippen molar-refractivity contribution in [2.24, 2.45) is 0 Å². The Morgan fingerprint density at radius 3 is 2.47 bits per heavy atom. The van der Waals surface area contributed by atoms with Crippen molar-refractivity contribution < 1.29 is 18.3 Å². The average molecular weight is 237 g/mol. The molecule has 0 spiro atoms. The summed E-state index contributed by atoms with van der Waals surface area (Å²) >= 11 is 1.08. The highest BCUT2D eigenvalue weighted by Crippen LogP contribution is 2.33. The van der Waals surface area contributed by atoms with Gasteiger partial charge in [-0.05, 0) is 20.1 Å². The summed E-state index contributed by atoms with van der Waals surface area (Å²) in [5.41, 5.74) is -1.09. The van der Waals surface area contributed by atoms with Gasteiger partial charge in [0.1, 0.15) is 0 Å². The van der Waals surface area contributed by atoms with Gasteiger partial charge in [0, 0.05) is 0 Å². The van der Waals surface area contributed by atoms with Crippen LogP contribution in [0.2, 0.25) is 0 Å². The number of aromatic nitrogens is 1. The van der Waals surface area contributed by atoms with Crippen molar-refractivity contribution >= 4 is 11.8 Å². The molecule has 1 aromatic rings. The summed E-state index contributed by atoms with van der Waals surface area (Å²) in [5, 5.41) is 9.18. The van der Waals surface area contributed by atoms with E-state index in [1.807, 2.05) is 0 Å². The molecule has 1 heterocycles. The fourth-order valence-electron chi connectivity index (χ4n) is 0.959. The zero-order valence-corrected chi connectivity index (χ0v) is 9.57. The smallest absolute Gasteiger partial charge is 0.284 e. The van der Waals surface area contributed by atoms with E-state index in [2.05, 4.69) is 4.98 Å². The van der Waals surface area contributed by atoms with Crippen molar-refractivity contribution in [1.29, 1.82) is 0 Å². The molecule has 1 aromatic heterocycles. The molecule has 0 aliphatic heterocycles. The summed E-state index contributed by atoms with van der Waals surface area (Å²) < 4.78 is 30.2. The van der Waals surface area contributed by atoms with Gasteiger partial charge in [-0.3, -0.25) is 0 Å². The van der Waals surface area contributed by atoms with Crippen molar-refractivity contribution in [3.8, 4) is 0 Å². The Hall–Kier alpha value is -0.620. The van der Waals surface area contributed by atoms with Crippen molar-refractivity contribution in [1.82, 2.24) is 4.98 Å². The second-order valence-electron chi connectivity index (χ2n) is 3.74. The maximum atomic E-state index is 12.5. The lowest BCUT2D eigenvalue weighted by molar-refractivity contribution is 0.141. The molecule has 1 N–H and O–H groups in total. The molecule has 6 heteroatoms. The maximum Gasteiger partial charge on any atom is 0.284 e. The Labute approximate surface area is 90.9 Å². The molecule has 0 radical (unpaired) electrons. The third-order valence-electron chi connectivity index (χ3n) is 1.99. The molecule has 3 nitrogen and oxygen atoms in total. The van der Waals surface area contributed by atoms with E-state index in [0.29, 0.717) is 0 Å². The summed E-state index contributed by atoms with van der Waals surface area (Å²) in [6.07, 6.45) is -1.01. The normalized spacial score (nSPS) is 12.5. The van der Waals surface area contributed by atoms with Crippen LogP contribution in [0.15, 0.2) is 9.51 Å². The van der Waals surface area contributed by atoms with Gasteiger partial charge in [0.2, 0.25) is 5.89 Å². The molecule has 0 saturated heterocycles. The maximum absolute atomic E-state index is 12.5. The number of oxazole rings is 1. The lowest BCUT2D eigenvalue weighted by atomic mass is 9.95. The van der Waals surface area contributed by atoms with Gasteiger partial charge in [0.25, 0.3) is 6.43 Å². The largest absolute Gasteiger partial charge is 0.433 e. The van der Waals surface area contributed by atoms with Gasteiger partial charge in [-0.1, -0.05) is 11.8 Å². The van der Waals surface area contributed by atoms with Crippen LogP contribution in [0.3, 0.4) is 0 Å². The summed E-state index contributed by atoms with van der Waals surface area (Å²) in [4.78, 5) is 3.73. The second kappa shape index (κ2) is 4.49. The van der Waals surface area contributed by atoms with Gasteiger partial charge in [-0.25, -0.2) is 13.8 Å². The first-order valence-corrected chi connectivity index (χ1v) is 5.59. The number of hydrogen-bond acceptors (Lipinski definition) is 4. The Kier molecular flexibility index (Phi) is 3.72. The Balaban J connectivity index is 3.13. The molecule has 0 unspecified atom stereocenters. The van der Waals surface area contributed by atoms with Crippen molar-refractivity contribution in [3.05, 3.63) is 11.6 Å². The minimum atomic E-state index is -2.65. The highest BCUT2D eigenvalue weighted by Gasteiger charge is 2.30. The van der Waals surface area contributed by atoms with Gasteiger partial charge in [-0.2, -0.15) is 0 Å². The number of halogens is 2. The van der Waals surface area contributed by atoms with E-state index >= 15 is 0 Å². The van der Waals surface area contributed by atoms with Gasteiger partial charge < -0.3 is 9.52 Å². The topological polar surface area (TPSA) is 46.3 Å². The molecule has 0 aliphatic carbocycles. The molecule has 0 amide bonds. The zero-order chi connectivity index (χ0) is 11.6. The standard InChI is InChI=1S/C9H13F2NO2S/c1-9(2,4-13)8-12-5(6(10)11)7(14-8)15-3/h6,13H,4H2,1-3H3. The predicted octanol–water partition coefficient (Wildman–Crippen LogP) is 2.60. The molecule has 0 aromatic carbocycles. The van der Waals surface area contributed by atoms with Gasteiger partial charge >= 0.3 is 0 Å². The van der Waals surface area contributed by atoms with Crippen LogP contribution in [0.4, 0.5) is 8.78 Å². The molecular formula is C9H13F2NO2S. The van der Waals surface area contributed by atoms with Gasteiger partial charge in [0.05, 0.1) is 12.0 Å². The van der Waals surface area contributed by atoms with E-state index in [1.54, 1.807) is 20.1 Å². The van der Waals surface area contributed by atoms with Crippen LogP contribution in [0.1, 0.15) is 31.9 Å². The van der Waals surface area contributed by atoms with Crippen LogP contribution >= 0.6 is 11.8 Å². The number of aliphatic hydroxyl groups excluding tert-OH is 1. The van der Waals surface area contributed by atoms with Crippen molar-refractivity contribution in [2.45, 2.75) is 30.8 Å². The molecule has 0 fully saturated rings. The molecule has 1 rings (SSSR count). The second-order valence-corrected chi connectivity index (χ2v) is 4.52. The minimum Gasteiger partial charge on any atom is -0.433 e. The number of alkyl halides is 2. The van der Waals surface area contributed by atoms with E-state index in [-0.39, 0.29) is 23.3 Å². The molecule has 0 atom stereocenters. The monoisotopic (exact) mass is 237 g/mol. The molecular weight excluding hydrogens is 224 g/mol. The quantitative estimate of drug-likeness (QED) is 0.818. The summed E-state index contributed by atoms with van der Waals surface area (Å²) in [6, 6.07) is 0. The zero-order valence-electron chi connectivity index (χ0n) is 8.75. The van der Waals surface area contributed by atoms with Gasteiger partial charge in [0.15, 0.2) is 10.8 Å². The van der Waals surface area contributed by atoms with E-state index in [0.717, 1.165) is 11.8 Å². The first-order valence-electron chi connectivity index (χ1n) is 4.36. The number of nitrogens with zero attached hydrogens (tertiary/aromatic N) is 1. The lowest BCUT2D eigenvalue weighted by Gasteiger charge is -2.16. The Bertz CT molecular complexity index is 339. The van der Waals surface area contributed by atoms with Crippen LogP contribution in [-0.4, -0.2) is 23.0 Å². The predicted molar refractivity (Wildman–Crippen MR) is 53.4 cm³/mol. The van der Waals surface area contributed by atoms with E-state index in [9.17, 15) is 8.78 Å². The molecule has 0 bridgehead atoms. The number of hydrogen-bond donors (Lipinski definition) is 1. The number of thioether (sulfide) groups is 1. The average Bonchev–Trinajstić information content (AvgIpc) is 2.62. The SMILES string of the molecule is CSc1oc(C(C)(C)CO)nc1C(F)F. The lowest BCUT2D eigenvalue weighted by Crippen LogP contribution is -2.22. The van der Waals surface area contributed by atoms with Gasteiger partial charge in [-0.15, -0.1) is 0 Å². The third-order valence-corrected chi connectivity index (χ3v) is 2.65. The molecule has 15 heavy (non-hydrogen) atoms. The number of aliphatic hydroxyl groups is 1. The van der Waals surface area contributed by atoms with E-state index < -0.39 is 11.8 Å². The third kappa shape index (κ3) is 2.49. The van der Waals surface area contributed by atoms with Crippen molar-refractivity contribution in [2.75, 3.05) is 12.9 Å². The fourth-order valence-corrected chi connectivity index (χ4v) is 1.47. The Morgan fingerprint density at radius 1 is 1.53 bits per heavy atom. The van der Waals surface area contributed by atoms with Crippen LogP contribution in [0.5, 0.6) is 0 Å². The van der Waals surface area contributed by atoms with Crippen LogP contribution < -0.4 is 0 Å². The summed E-state index contributed by atoms with van der Waals surface area (Å²) in [6.45, 7) is 3.15. The highest BCUT2D eigenvalue weighted by atomic mass is 32.2. The van der Waals surface area contributed by atoms with Crippen LogP contribution in [0.25, 0.3) is 0 Å². The summed E-state index contributed by atoms with van der Waals surface area (Å²) in [5.74, 6) is 0.143. The Morgan fingerprint density at radius 2 is 2.13 bits per heavy atom. The first-order chi connectivity index (χ1) is 6.92. The molecule has 0 aliphatic rings. The van der Waals surface area contributed by atoms with E-state index in [1.165, 1.54) is 0 Å². The summed E-state index contributed by atoms with van der Waals surface area (Å²) in [7, 11) is 0. The molecule has 86 valence electrons. The van der Waals surface area contributed by atoms with Crippen LogP contribution in [0, 0.1) is 0 Å². The van der Waals surface area contributed by atoms with Crippen LogP contribution in [-0.2, 0) is 5.41 Å².